The summed E-state index contributed by atoms with van der Waals surface area (Å²) in [6, 6.07) is 6.20. The minimum Gasteiger partial charge on any atom is -0.326 e. The number of amides is 1. The molecule has 2 aliphatic rings. The molecule has 1 N–H and O–H groups in total. The first-order chi connectivity index (χ1) is 11.2. The lowest BCUT2D eigenvalue weighted by molar-refractivity contribution is -0.115. The van der Waals surface area contributed by atoms with Gasteiger partial charge in [0.1, 0.15) is 0 Å². The van der Waals surface area contributed by atoms with E-state index in [0.29, 0.717) is 12.3 Å². The highest BCUT2D eigenvalue weighted by atomic mass is 16.1. The van der Waals surface area contributed by atoms with E-state index in [1.165, 1.54) is 12.8 Å². The molecule has 5 rings (SSSR count). The number of anilines is 1. The number of hydrogen-bond acceptors (Lipinski definition) is 3. The van der Waals surface area contributed by atoms with Gasteiger partial charge < -0.3 is 5.32 Å². The standard InChI is InChI=1S/C18H16N4O/c1-10-9-22-15(8-19-10)21-17(11-2-3-11)18(22)12-4-5-14-13(6-12)7-16(23)20-14/h4-6,8-9,11H,2-3,7H2,1H3,(H,20,23). The molecule has 0 unspecified atom stereocenters. The van der Waals surface area contributed by atoms with Gasteiger partial charge >= 0.3 is 0 Å². The molecule has 5 nitrogen and oxygen atoms in total. The van der Waals surface area contributed by atoms with Crippen LogP contribution < -0.4 is 5.32 Å². The zero-order chi connectivity index (χ0) is 15.6. The molecule has 0 radical (unpaired) electrons. The molecular formula is C18H16N4O. The van der Waals surface area contributed by atoms with Crippen LogP contribution in [0.5, 0.6) is 0 Å². The first kappa shape index (κ1) is 12.8. The number of benzene rings is 1. The van der Waals surface area contributed by atoms with Crippen molar-refractivity contribution < 1.29 is 4.79 Å². The SMILES string of the molecule is Cc1cn2c(-c3ccc4c(c3)CC(=O)N4)c(C3CC3)nc2cn1. The molecule has 0 bridgehead atoms. The van der Waals surface area contributed by atoms with Crippen LogP contribution in [0.25, 0.3) is 16.9 Å². The number of nitrogens with one attached hydrogen (secondary N) is 1. The lowest BCUT2D eigenvalue weighted by atomic mass is 10.0. The number of carbonyl (C=O) groups is 1. The second-order valence-electron chi connectivity index (χ2n) is 6.47. The van der Waals surface area contributed by atoms with E-state index in [-0.39, 0.29) is 5.91 Å². The van der Waals surface area contributed by atoms with Gasteiger partial charge in [0.2, 0.25) is 5.91 Å². The average molecular weight is 304 g/mol. The van der Waals surface area contributed by atoms with Crippen molar-refractivity contribution >= 4 is 17.2 Å². The lowest BCUT2D eigenvalue weighted by Crippen LogP contribution is -2.03. The number of nitrogens with zero attached hydrogens (tertiary/aromatic N) is 3. The number of fused-ring (bicyclic) bond motifs is 2. The predicted molar refractivity (Wildman–Crippen MR) is 87.5 cm³/mol. The fourth-order valence-electron chi connectivity index (χ4n) is 3.37. The molecule has 114 valence electrons. The smallest absolute Gasteiger partial charge is 0.228 e. The van der Waals surface area contributed by atoms with Gasteiger partial charge in [0.05, 0.1) is 29.7 Å². The molecule has 0 atom stereocenters. The Morgan fingerprint density at radius 2 is 2.17 bits per heavy atom. The topological polar surface area (TPSA) is 59.3 Å². The maximum Gasteiger partial charge on any atom is 0.228 e. The quantitative estimate of drug-likeness (QED) is 0.791. The summed E-state index contributed by atoms with van der Waals surface area (Å²) in [4.78, 5) is 20.8. The summed E-state index contributed by atoms with van der Waals surface area (Å²) in [6.07, 6.45) is 6.74. The van der Waals surface area contributed by atoms with Crippen LogP contribution in [0.1, 0.15) is 35.7 Å². The summed E-state index contributed by atoms with van der Waals surface area (Å²) in [5.74, 6) is 0.621. The molecule has 2 aromatic heterocycles. The third kappa shape index (κ3) is 1.96. The molecule has 23 heavy (non-hydrogen) atoms. The minimum absolute atomic E-state index is 0.0674. The molecule has 0 saturated heterocycles. The third-order valence-electron chi connectivity index (χ3n) is 4.63. The van der Waals surface area contributed by atoms with E-state index in [0.717, 1.165) is 39.5 Å². The van der Waals surface area contributed by atoms with Crippen molar-refractivity contribution in [2.24, 2.45) is 0 Å². The molecule has 5 heteroatoms. The molecule has 1 aliphatic carbocycles. The van der Waals surface area contributed by atoms with Gasteiger partial charge in [-0.25, -0.2) is 4.98 Å². The zero-order valence-electron chi connectivity index (χ0n) is 12.8. The Kier molecular flexibility index (Phi) is 2.46. The van der Waals surface area contributed by atoms with Gasteiger partial charge in [-0.1, -0.05) is 6.07 Å². The second kappa shape index (κ2) is 4.41. The van der Waals surface area contributed by atoms with E-state index in [4.69, 9.17) is 4.98 Å². The molecule has 1 fully saturated rings. The zero-order valence-corrected chi connectivity index (χ0v) is 12.8. The van der Waals surface area contributed by atoms with Gasteiger partial charge in [-0.3, -0.25) is 14.2 Å². The lowest BCUT2D eigenvalue weighted by Gasteiger charge is -2.07. The summed E-state index contributed by atoms with van der Waals surface area (Å²) in [5, 5.41) is 2.89. The Hall–Kier alpha value is -2.69. The largest absolute Gasteiger partial charge is 0.326 e. The number of hydrogen-bond donors (Lipinski definition) is 1. The maximum atomic E-state index is 11.6. The number of imidazole rings is 1. The van der Waals surface area contributed by atoms with E-state index in [1.807, 2.05) is 25.4 Å². The van der Waals surface area contributed by atoms with Crippen molar-refractivity contribution in [1.29, 1.82) is 0 Å². The van der Waals surface area contributed by atoms with Crippen molar-refractivity contribution in [2.75, 3.05) is 5.32 Å². The number of aryl methyl sites for hydroxylation is 1. The Bertz CT molecular complexity index is 969. The van der Waals surface area contributed by atoms with Gasteiger partial charge in [0.25, 0.3) is 0 Å². The predicted octanol–water partition coefficient (Wildman–Crippen LogP) is 3.08. The van der Waals surface area contributed by atoms with Crippen LogP contribution in [0.3, 0.4) is 0 Å². The fraction of sp³-hybridized carbons (Fsp3) is 0.278. The van der Waals surface area contributed by atoms with E-state index < -0.39 is 0 Å². The van der Waals surface area contributed by atoms with Gasteiger partial charge in [-0.15, -0.1) is 0 Å². The van der Waals surface area contributed by atoms with Crippen LogP contribution in [0.4, 0.5) is 5.69 Å². The maximum absolute atomic E-state index is 11.6. The highest BCUT2D eigenvalue weighted by Gasteiger charge is 2.31. The summed E-state index contributed by atoms with van der Waals surface area (Å²) < 4.78 is 2.14. The first-order valence-electron chi connectivity index (χ1n) is 7.97. The van der Waals surface area contributed by atoms with Gasteiger partial charge in [-0.05, 0) is 37.5 Å². The van der Waals surface area contributed by atoms with Crippen LogP contribution in [0.15, 0.2) is 30.6 Å². The first-order valence-corrected chi connectivity index (χ1v) is 7.97. The van der Waals surface area contributed by atoms with Crippen molar-refractivity contribution in [2.45, 2.75) is 32.1 Å². The van der Waals surface area contributed by atoms with Crippen LogP contribution in [0.2, 0.25) is 0 Å². The molecule has 1 saturated carbocycles. The molecule has 1 aromatic carbocycles. The molecule has 1 amide bonds. The van der Waals surface area contributed by atoms with Crippen LogP contribution in [-0.2, 0) is 11.2 Å². The number of aromatic nitrogens is 3. The Morgan fingerprint density at radius 3 is 3.00 bits per heavy atom. The molecule has 1 aliphatic heterocycles. The number of carbonyl (C=O) groups excluding carboxylic acids is 1. The highest BCUT2D eigenvalue weighted by Crippen LogP contribution is 2.44. The molecule has 3 heterocycles. The Labute approximate surface area is 133 Å². The van der Waals surface area contributed by atoms with Crippen molar-refractivity contribution in [3.8, 4) is 11.3 Å². The van der Waals surface area contributed by atoms with E-state index in [9.17, 15) is 4.79 Å². The third-order valence-corrected chi connectivity index (χ3v) is 4.63. The highest BCUT2D eigenvalue weighted by molar-refractivity contribution is 5.99. The Balaban J connectivity index is 1.76. The minimum atomic E-state index is 0.0674. The van der Waals surface area contributed by atoms with Gasteiger partial charge in [0.15, 0.2) is 5.65 Å². The summed E-state index contributed by atoms with van der Waals surface area (Å²) in [5.41, 5.74) is 7.29. The average Bonchev–Trinajstić information content (AvgIpc) is 3.20. The number of rotatable bonds is 2. The Morgan fingerprint density at radius 1 is 1.30 bits per heavy atom. The van der Waals surface area contributed by atoms with Gasteiger partial charge in [-0.2, -0.15) is 0 Å². The van der Waals surface area contributed by atoms with E-state index in [2.05, 4.69) is 26.8 Å². The molecular weight excluding hydrogens is 288 g/mol. The van der Waals surface area contributed by atoms with Crippen LogP contribution >= 0.6 is 0 Å². The van der Waals surface area contributed by atoms with Crippen molar-refractivity contribution in [3.05, 3.63) is 47.5 Å². The monoisotopic (exact) mass is 304 g/mol. The summed E-state index contributed by atoms with van der Waals surface area (Å²) >= 11 is 0. The van der Waals surface area contributed by atoms with Gasteiger partial charge in [0, 0.05) is 23.4 Å². The van der Waals surface area contributed by atoms with Crippen LogP contribution in [0, 0.1) is 6.92 Å². The molecule has 3 aromatic rings. The fourth-order valence-corrected chi connectivity index (χ4v) is 3.37. The summed E-state index contributed by atoms with van der Waals surface area (Å²) in [7, 11) is 0. The van der Waals surface area contributed by atoms with E-state index in [1.54, 1.807) is 0 Å². The second-order valence-corrected chi connectivity index (χ2v) is 6.47. The van der Waals surface area contributed by atoms with E-state index >= 15 is 0 Å². The molecule has 0 spiro atoms. The van der Waals surface area contributed by atoms with Crippen LogP contribution in [-0.4, -0.2) is 20.3 Å². The normalized spacial score (nSPS) is 16.7. The van der Waals surface area contributed by atoms with Crippen molar-refractivity contribution in [3.63, 3.8) is 0 Å². The summed E-state index contributed by atoms with van der Waals surface area (Å²) in [6.45, 7) is 1.99. The van der Waals surface area contributed by atoms with Crippen molar-refractivity contribution in [1.82, 2.24) is 14.4 Å².